The van der Waals surface area contributed by atoms with Gasteiger partial charge in [-0.1, -0.05) is 24.3 Å². The van der Waals surface area contributed by atoms with Crippen LogP contribution in [0.2, 0.25) is 0 Å². The second-order valence-corrected chi connectivity index (χ2v) is 4.17. The fraction of sp³-hybridized carbons (Fsp3) is 0.182. The standard InChI is InChI=1S/C11H11NOS/c1-8-12-11(7-14-8)10-4-2-9(6-13)3-5-10/h2-5,7,13H,6H2,1H3. The highest BCUT2D eigenvalue weighted by Gasteiger charge is 2.01. The molecule has 2 aromatic rings. The van der Waals surface area contributed by atoms with Gasteiger partial charge in [0.25, 0.3) is 0 Å². The molecule has 1 heterocycles. The molecule has 0 atom stereocenters. The van der Waals surface area contributed by atoms with Crippen molar-refractivity contribution < 1.29 is 5.11 Å². The van der Waals surface area contributed by atoms with Gasteiger partial charge in [0.15, 0.2) is 0 Å². The molecule has 0 bridgehead atoms. The molecule has 14 heavy (non-hydrogen) atoms. The summed E-state index contributed by atoms with van der Waals surface area (Å²) in [5.74, 6) is 0. The maximum Gasteiger partial charge on any atom is 0.0901 e. The van der Waals surface area contributed by atoms with E-state index in [1.54, 1.807) is 11.3 Å². The minimum atomic E-state index is 0.0936. The van der Waals surface area contributed by atoms with Crippen molar-refractivity contribution in [2.24, 2.45) is 0 Å². The summed E-state index contributed by atoms with van der Waals surface area (Å²) in [5.41, 5.74) is 3.05. The van der Waals surface area contributed by atoms with Crippen molar-refractivity contribution in [3.8, 4) is 11.3 Å². The predicted molar refractivity (Wildman–Crippen MR) is 58.2 cm³/mol. The van der Waals surface area contributed by atoms with Crippen LogP contribution in [0.3, 0.4) is 0 Å². The number of aromatic nitrogens is 1. The normalized spacial score (nSPS) is 10.4. The van der Waals surface area contributed by atoms with Gasteiger partial charge in [-0.3, -0.25) is 0 Å². The summed E-state index contributed by atoms with van der Waals surface area (Å²) in [6, 6.07) is 7.81. The van der Waals surface area contributed by atoms with E-state index in [2.05, 4.69) is 4.98 Å². The molecule has 0 spiro atoms. The summed E-state index contributed by atoms with van der Waals surface area (Å²) in [5, 5.41) is 12.0. The first kappa shape index (κ1) is 9.37. The number of aryl methyl sites for hydroxylation is 1. The fourth-order valence-electron chi connectivity index (χ4n) is 1.28. The minimum absolute atomic E-state index is 0.0936. The molecule has 1 aromatic heterocycles. The van der Waals surface area contributed by atoms with Crippen LogP contribution in [0.1, 0.15) is 10.6 Å². The lowest BCUT2D eigenvalue weighted by Gasteiger charge is -1.98. The van der Waals surface area contributed by atoms with Crippen LogP contribution in [0.25, 0.3) is 11.3 Å². The number of hydrogen-bond donors (Lipinski definition) is 1. The Morgan fingerprint density at radius 1 is 1.29 bits per heavy atom. The van der Waals surface area contributed by atoms with Crippen molar-refractivity contribution >= 4 is 11.3 Å². The van der Waals surface area contributed by atoms with E-state index < -0.39 is 0 Å². The summed E-state index contributed by atoms with van der Waals surface area (Å²) in [6.45, 7) is 2.09. The first-order valence-electron chi connectivity index (χ1n) is 4.42. The number of thiazole rings is 1. The van der Waals surface area contributed by atoms with Crippen LogP contribution in [-0.4, -0.2) is 10.1 Å². The summed E-state index contributed by atoms with van der Waals surface area (Å²) in [6.07, 6.45) is 0. The van der Waals surface area contributed by atoms with E-state index in [0.29, 0.717) is 0 Å². The lowest BCUT2D eigenvalue weighted by molar-refractivity contribution is 0.282. The monoisotopic (exact) mass is 205 g/mol. The third kappa shape index (κ3) is 1.84. The van der Waals surface area contributed by atoms with Gasteiger partial charge in [0, 0.05) is 10.9 Å². The summed E-state index contributed by atoms with van der Waals surface area (Å²) < 4.78 is 0. The molecule has 0 aliphatic carbocycles. The Bertz CT molecular complexity index is 419. The molecular formula is C11H11NOS. The molecular weight excluding hydrogens is 194 g/mol. The average molecular weight is 205 g/mol. The Kier molecular flexibility index (Phi) is 2.61. The first-order chi connectivity index (χ1) is 6.79. The van der Waals surface area contributed by atoms with Crippen molar-refractivity contribution in [1.82, 2.24) is 4.98 Å². The van der Waals surface area contributed by atoms with Crippen molar-refractivity contribution in [1.29, 1.82) is 0 Å². The molecule has 0 radical (unpaired) electrons. The fourth-order valence-corrected chi connectivity index (χ4v) is 1.90. The summed E-state index contributed by atoms with van der Waals surface area (Å²) in [4.78, 5) is 4.39. The van der Waals surface area contributed by atoms with E-state index >= 15 is 0 Å². The molecule has 0 aliphatic rings. The second kappa shape index (κ2) is 3.90. The van der Waals surface area contributed by atoms with Crippen LogP contribution in [0.15, 0.2) is 29.6 Å². The molecule has 72 valence electrons. The van der Waals surface area contributed by atoms with E-state index in [-0.39, 0.29) is 6.61 Å². The zero-order chi connectivity index (χ0) is 9.97. The van der Waals surface area contributed by atoms with Gasteiger partial charge < -0.3 is 5.11 Å². The molecule has 1 N–H and O–H groups in total. The summed E-state index contributed by atoms with van der Waals surface area (Å²) in [7, 11) is 0. The van der Waals surface area contributed by atoms with Gasteiger partial charge in [0.05, 0.1) is 17.3 Å². The third-order valence-electron chi connectivity index (χ3n) is 2.05. The van der Waals surface area contributed by atoms with E-state index in [1.807, 2.05) is 36.6 Å². The largest absolute Gasteiger partial charge is 0.392 e. The van der Waals surface area contributed by atoms with Gasteiger partial charge in [-0.25, -0.2) is 4.98 Å². The Balaban J connectivity index is 2.33. The van der Waals surface area contributed by atoms with Crippen molar-refractivity contribution in [3.05, 3.63) is 40.2 Å². The van der Waals surface area contributed by atoms with Crippen molar-refractivity contribution in [2.75, 3.05) is 0 Å². The highest BCUT2D eigenvalue weighted by atomic mass is 32.1. The number of aliphatic hydroxyl groups is 1. The number of benzene rings is 1. The first-order valence-corrected chi connectivity index (χ1v) is 5.30. The van der Waals surface area contributed by atoms with E-state index in [1.165, 1.54) is 0 Å². The summed E-state index contributed by atoms with van der Waals surface area (Å²) >= 11 is 1.65. The molecule has 2 nitrogen and oxygen atoms in total. The van der Waals surface area contributed by atoms with Gasteiger partial charge in [-0.2, -0.15) is 0 Å². The van der Waals surface area contributed by atoms with Gasteiger partial charge in [-0.15, -0.1) is 11.3 Å². The van der Waals surface area contributed by atoms with Crippen LogP contribution in [0, 0.1) is 6.92 Å². The third-order valence-corrected chi connectivity index (χ3v) is 2.82. The van der Waals surface area contributed by atoms with E-state index in [9.17, 15) is 0 Å². The SMILES string of the molecule is Cc1nc(-c2ccc(CO)cc2)cs1. The quantitative estimate of drug-likeness (QED) is 0.817. The lowest BCUT2D eigenvalue weighted by Crippen LogP contribution is -1.83. The van der Waals surface area contributed by atoms with Crippen LogP contribution in [0.5, 0.6) is 0 Å². The smallest absolute Gasteiger partial charge is 0.0901 e. The topological polar surface area (TPSA) is 33.1 Å². The zero-order valence-electron chi connectivity index (χ0n) is 7.90. The predicted octanol–water partition coefficient (Wildman–Crippen LogP) is 2.61. The van der Waals surface area contributed by atoms with Crippen LogP contribution in [0.4, 0.5) is 0 Å². The molecule has 3 heteroatoms. The highest BCUT2D eigenvalue weighted by Crippen LogP contribution is 2.21. The number of rotatable bonds is 2. The van der Waals surface area contributed by atoms with Crippen LogP contribution >= 0.6 is 11.3 Å². The van der Waals surface area contributed by atoms with Gasteiger partial charge >= 0.3 is 0 Å². The zero-order valence-corrected chi connectivity index (χ0v) is 8.71. The minimum Gasteiger partial charge on any atom is -0.392 e. The molecule has 0 saturated carbocycles. The number of nitrogens with zero attached hydrogens (tertiary/aromatic N) is 1. The number of hydrogen-bond acceptors (Lipinski definition) is 3. The maximum atomic E-state index is 8.89. The van der Waals surface area contributed by atoms with Crippen molar-refractivity contribution in [3.63, 3.8) is 0 Å². The number of aliphatic hydroxyl groups excluding tert-OH is 1. The van der Waals surface area contributed by atoms with Crippen LogP contribution < -0.4 is 0 Å². The van der Waals surface area contributed by atoms with Crippen molar-refractivity contribution in [2.45, 2.75) is 13.5 Å². The maximum absolute atomic E-state index is 8.89. The Morgan fingerprint density at radius 2 is 2.00 bits per heavy atom. The Labute approximate surface area is 86.9 Å². The molecule has 1 aromatic carbocycles. The molecule has 2 rings (SSSR count). The molecule has 0 saturated heterocycles. The Morgan fingerprint density at radius 3 is 2.50 bits per heavy atom. The highest BCUT2D eigenvalue weighted by molar-refractivity contribution is 7.09. The Hall–Kier alpha value is -1.19. The van der Waals surface area contributed by atoms with Crippen LogP contribution in [-0.2, 0) is 6.61 Å². The molecule has 0 unspecified atom stereocenters. The van der Waals surface area contributed by atoms with E-state index in [0.717, 1.165) is 21.8 Å². The van der Waals surface area contributed by atoms with Gasteiger partial charge in [-0.05, 0) is 12.5 Å². The van der Waals surface area contributed by atoms with Gasteiger partial charge in [0.1, 0.15) is 0 Å². The lowest BCUT2D eigenvalue weighted by atomic mass is 10.1. The molecule has 0 aliphatic heterocycles. The van der Waals surface area contributed by atoms with E-state index in [4.69, 9.17) is 5.11 Å². The average Bonchev–Trinajstić information content (AvgIpc) is 2.65. The molecule has 0 fully saturated rings. The van der Waals surface area contributed by atoms with Gasteiger partial charge in [0.2, 0.25) is 0 Å². The molecule has 0 amide bonds. The second-order valence-electron chi connectivity index (χ2n) is 3.11.